The lowest BCUT2D eigenvalue weighted by Crippen LogP contribution is -2.55. The molecule has 2 radical (unpaired) electrons. The van der Waals surface area contributed by atoms with Crippen molar-refractivity contribution in [1.82, 2.24) is 40.4 Å². The van der Waals surface area contributed by atoms with Gasteiger partial charge in [-0.1, -0.05) is 236 Å². The molecule has 23 heteroatoms. The van der Waals surface area contributed by atoms with Gasteiger partial charge in [-0.05, 0) is 166 Å². The van der Waals surface area contributed by atoms with Gasteiger partial charge in [0.2, 0.25) is 0 Å². The lowest BCUT2D eigenvalue weighted by molar-refractivity contribution is -0.0699. The van der Waals surface area contributed by atoms with E-state index in [4.69, 9.17) is 40.6 Å². The Hall–Kier alpha value is -11.0. The third kappa shape index (κ3) is 23.0. The molecule has 2 amide bonds. The van der Waals surface area contributed by atoms with Crippen LogP contribution < -0.4 is 64.0 Å². The third-order valence-corrected chi connectivity index (χ3v) is 28.1. The Morgan fingerprint density at radius 2 is 0.844 bits per heavy atom. The predicted octanol–water partition coefficient (Wildman–Crippen LogP) is 11.6. The number of rotatable bonds is 32. The van der Waals surface area contributed by atoms with E-state index in [1.54, 1.807) is 73.1 Å². The number of carbonyl (C=O) groups excluding carboxylic acids is 3. The first-order chi connectivity index (χ1) is 59.2. The number of piperidine rings is 2. The fraction of sp³-hybridized carbons (Fsp3) is 0.364. The molecule has 0 spiro atoms. The zero-order valence-corrected chi connectivity index (χ0v) is 72.3. The van der Waals surface area contributed by atoms with Crippen LogP contribution in [0.3, 0.4) is 0 Å². The normalized spacial score (nSPS) is 20.2. The van der Waals surface area contributed by atoms with Crippen molar-refractivity contribution in [1.29, 1.82) is 0 Å². The summed E-state index contributed by atoms with van der Waals surface area (Å²) in [6, 6.07) is 73.7. The molecule has 6 heterocycles. The van der Waals surface area contributed by atoms with Gasteiger partial charge in [0.05, 0.1) is 25.4 Å². The summed E-state index contributed by atoms with van der Waals surface area (Å²) in [4.78, 5) is 81.9. The molecule has 10 aromatic rings. The number of hydrogen-bond acceptors (Lipinski definition) is 17. The molecule has 8 aromatic carbocycles. The van der Waals surface area contributed by atoms with Crippen molar-refractivity contribution < 1.29 is 42.2 Å². The van der Waals surface area contributed by atoms with Crippen LogP contribution >= 0.6 is 0 Å². The molecule has 4 aliphatic heterocycles. The Morgan fingerprint density at radius 1 is 0.484 bits per heavy atom. The SMILES string of the molecule is C#Cc1ccc(CC(NCC(OC(=O)OC(CNC(Cc2ccc(C#C)cc2)C2CCCCN2)C2CC(n3ccc(NC(=O)c4ccccc4)nc3=O)OC2CO[Si](c2ccccc2)c2ccc(C(C)(C)C)cc2)C2CC(n3ccc(NC(=O)c4ccccc4)nc3=O)OC2CO[Si](c2ccccc2)c2ccc(C(C)(C)C)cc2)C2CCCCN2)cc1. The number of benzene rings is 8. The fourth-order valence-electron chi connectivity index (χ4n) is 16.8. The molecule has 4 fully saturated rings. The van der Waals surface area contributed by atoms with Crippen LogP contribution in [0.1, 0.15) is 159 Å². The number of nitrogens with one attached hydrogen (secondary N) is 6. The second kappa shape index (κ2) is 41.2. The molecule has 14 rings (SSSR count). The average Bonchev–Trinajstić information content (AvgIpc) is 1.65. The van der Waals surface area contributed by atoms with Crippen molar-refractivity contribution in [2.75, 3.05) is 50.0 Å². The highest BCUT2D eigenvalue weighted by atomic mass is 28.3. The molecular formula is C99H110N10O11Si2. The highest BCUT2D eigenvalue weighted by Gasteiger charge is 2.48. The van der Waals surface area contributed by atoms with Gasteiger partial charge in [0.25, 0.3) is 29.9 Å². The summed E-state index contributed by atoms with van der Waals surface area (Å²) >= 11 is 0. The van der Waals surface area contributed by atoms with Crippen LogP contribution in [-0.2, 0) is 51.5 Å². The highest BCUT2D eigenvalue weighted by Crippen LogP contribution is 2.40. The van der Waals surface area contributed by atoms with E-state index in [1.807, 2.05) is 72.8 Å². The van der Waals surface area contributed by atoms with Crippen molar-refractivity contribution in [3.8, 4) is 24.7 Å². The molecule has 4 aliphatic rings. The van der Waals surface area contributed by atoms with Crippen molar-refractivity contribution in [2.24, 2.45) is 11.8 Å². The Labute approximate surface area is 719 Å². The van der Waals surface area contributed by atoms with Crippen molar-refractivity contribution in [3.05, 3.63) is 308 Å². The molecule has 12 unspecified atom stereocenters. The molecule has 0 aliphatic carbocycles. The molecule has 21 nitrogen and oxygen atoms in total. The standard InChI is InChI=1S/C99H110N10O11Si2/c1-9-67-37-41-69(42-38-67)59-83(81-35-23-25-55-100-81)102-63-85(79-61-91(108-57-53-89(106-95(108)112)104-93(110)71-27-15-11-16-28-71)117-87(79)65-115-121(75-31-19-13-20-32-75)77-49-45-73(46-50-77)98(3,4)5)119-97(114)120-86(64-103-84(82-36-24-26-56-101-82)60-70-43-39-68(10-2)40-44-70)80-62-92(109-58-54-90(107-96(109)113)105-94(111)72-29-17-12-18-30-72)118-88(80)66-116-122(76-33-21-14-22-34-76)78-51-47-74(48-52-78)99(6,7)8/h1-2,11-22,27-34,37-54,57-58,79-88,91-92,100-103H,23-26,35-36,55-56,59-66H2,3-8H3,(H,104,106,110,112)(H,105,107,111,113). The minimum absolute atomic E-state index is 0.00162. The number of aromatic nitrogens is 4. The predicted molar refractivity (Wildman–Crippen MR) is 481 cm³/mol. The van der Waals surface area contributed by atoms with Gasteiger partial charge in [-0.25, -0.2) is 14.4 Å². The van der Waals surface area contributed by atoms with Crippen LogP contribution in [0.4, 0.5) is 16.4 Å². The third-order valence-electron chi connectivity index (χ3n) is 23.7. The summed E-state index contributed by atoms with van der Waals surface area (Å²) < 4.78 is 46.4. The number of hydrogen-bond donors (Lipinski definition) is 6. The number of nitrogens with zero attached hydrogens (tertiary/aromatic N) is 4. The zero-order valence-electron chi connectivity index (χ0n) is 70.3. The number of ether oxygens (including phenoxy) is 4. The van der Waals surface area contributed by atoms with E-state index in [0.29, 0.717) is 24.0 Å². The minimum atomic E-state index is -2.05. The quantitative estimate of drug-likeness (QED) is 0.0130. The summed E-state index contributed by atoms with van der Waals surface area (Å²) in [5.41, 5.74) is 5.17. The highest BCUT2D eigenvalue weighted by molar-refractivity contribution is 6.80. The van der Waals surface area contributed by atoms with Crippen LogP contribution in [0, 0.1) is 36.5 Å². The van der Waals surface area contributed by atoms with Gasteiger partial charge in [0, 0.05) is 96.6 Å². The summed E-state index contributed by atoms with van der Waals surface area (Å²) in [5, 5.41) is 25.2. The molecule has 6 N–H and O–H groups in total. The Morgan fingerprint density at radius 3 is 1.18 bits per heavy atom. The van der Waals surface area contributed by atoms with Gasteiger partial charge < -0.3 is 59.7 Å². The van der Waals surface area contributed by atoms with Gasteiger partial charge in [-0.3, -0.25) is 18.7 Å². The second-order valence-corrected chi connectivity index (χ2v) is 38.4. The van der Waals surface area contributed by atoms with E-state index in [-0.39, 0.29) is 85.8 Å². The van der Waals surface area contributed by atoms with Gasteiger partial charge in [-0.2, -0.15) is 9.97 Å². The first-order valence-electron chi connectivity index (χ1n) is 42.6. The molecule has 0 saturated carbocycles. The van der Waals surface area contributed by atoms with Crippen LogP contribution in [0.25, 0.3) is 0 Å². The lowest BCUT2D eigenvalue weighted by Gasteiger charge is -2.36. The maximum atomic E-state index is 16.4. The van der Waals surface area contributed by atoms with E-state index in [1.165, 1.54) is 20.3 Å². The summed E-state index contributed by atoms with van der Waals surface area (Å²) in [5.74, 6) is 3.35. The summed E-state index contributed by atoms with van der Waals surface area (Å²) in [7, 11) is -4.09. The second-order valence-electron chi connectivity index (χ2n) is 34.2. The Balaban J connectivity index is 0.862. The Kier molecular flexibility index (Phi) is 29.5. The van der Waals surface area contributed by atoms with Crippen LogP contribution in [0.15, 0.2) is 253 Å². The summed E-state index contributed by atoms with van der Waals surface area (Å²) in [6.45, 7) is 14.9. The van der Waals surface area contributed by atoms with E-state index < -0.39 is 96.1 Å². The van der Waals surface area contributed by atoms with Gasteiger partial charge >= 0.3 is 17.5 Å². The van der Waals surface area contributed by atoms with Gasteiger partial charge in [0.15, 0.2) is 0 Å². The van der Waals surface area contributed by atoms with Crippen molar-refractivity contribution in [3.63, 3.8) is 0 Å². The fourth-order valence-corrected chi connectivity index (χ4v) is 20.8. The van der Waals surface area contributed by atoms with E-state index >= 15 is 4.79 Å². The van der Waals surface area contributed by atoms with Crippen LogP contribution in [-0.4, -0.2) is 143 Å². The molecule has 630 valence electrons. The number of anilines is 2. The van der Waals surface area contributed by atoms with Gasteiger partial charge in [0.1, 0.15) is 36.3 Å². The largest absolute Gasteiger partial charge is 0.508 e. The van der Waals surface area contributed by atoms with Crippen molar-refractivity contribution in [2.45, 2.75) is 178 Å². The maximum absolute atomic E-state index is 16.4. The topological polar surface area (TPSA) is 249 Å². The van der Waals surface area contributed by atoms with Gasteiger partial charge in [-0.15, -0.1) is 12.8 Å². The molecule has 2 aromatic heterocycles. The van der Waals surface area contributed by atoms with Crippen LogP contribution in [0.5, 0.6) is 0 Å². The molecule has 122 heavy (non-hydrogen) atoms. The molecule has 4 saturated heterocycles. The minimum Gasteiger partial charge on any atom is -0.429 e. The molecule has 12 atom stereocenters. The smallest absolute Gasteiger partial charge is 0.429 e. The molecule has 0 bridgehead atoms. The first-order valence-corrected chi connectivity index (χ1v) is 45.4. The van der Waals surface area contributed by atoms with E-state index in [0.717, 1.165) is 94.6 Å². The first kappa shape index (κ1) is 87.3. The lowest BCUT2D eigenvalue weighted by atomic mass is 9.87. The van der Waals surface area contributed by atoms with E-state index in [2.05, 4.69) is 192 Å². The number of terminal acetylenes is 2. The van der Waals surface area contributed by atoms with E-state index in [9.17, 15) is 19.2 Å². The average molecular weight is 1670 g/mol. The summed E-state index contributed by atoms with van der Waals surface area (Å²) in [6.07, 6.45) is 15.4. The Bertz CT molecular complexity index is 4980. The van der Waals surface area contributed by atoms with Crippen molar-refractivity contribution >= 4 is 68.4 Å². The number of carbonyl (C=O) groups is 3. The van der Waals surface area contributed by atoms with Crippen LogP contribution in [0.2, 0.25) is 0 Å². The number of amides is 2. The monoisotopic (exact) mass is 1670 g/mol. The maximum Gasteiger partial charge on any atom is 0.508 e. The molecular weight excluding hydrogens is 1560 g/mol. The zero-order chi connectivity index (χ0) is 85.1.